The molecule has 1 heterocycles. The standard InChI is InChI=1S/C19H24FN3O3S/c1-22(13-9-16-7-11-21-12-8-16)19(24)10-14-23(27(2,25)26)15-17-3-5-18(20)6-4-17/h3-8,11-12H,9-10,13-15H2,1-2H3. The van der Waals surface area contributed by atoms with Crippen molar-refractivity contribution in [3.8, 4) is 0 Å². The van der Waals surface area contributed by atoms with Crippen LogP contribution in [0, 0.1) is 5.82 Å². The summed E-state index contributed by atoms with van der Waals surface area (Å²) in [6, 6.07) is 9.44. The molecule has 0 aliphatic heterocycles. The van der Waals surface area contributed by atoms with E-state index >= 15 is 0 Å². The number of nitrogens with zero attached hydrogens (tertiary/aromatic N) is 3. The molecule has 0 aliphatic carbocycles. The van der Waals surface area contributed by atoms with Gasteiger partial charge in [0.25, 0.3) is 0 Å². The van der Waals surface area contributed by atoms with Crippen molar-refractivity contribution in [3.05, 3.63) is 65.7 Å². The molecule has 27 heavy (non-hydrogen) atoms. The van der Waals surface area contributed by atoms with Crippen molar-refractivity contribution in [1.82, 2.24) is 14.2 Å². The molecule has 0 aliphatic rings. The van der Waals surface area contributed by atoms with Gasteiger partial charge in [-0.2, -0.15) is 4.31 Å². The maximum Gasteiger partial charge on any atom is 0.223 e. The van der Waals surface area contributed by atoms with Gasteiger partial charge in [-0.25, -0.2) is 12.8 Å². The van der Waals surface area contributed by atoms with Crippen molar-refractivity contribution in [3.63, 3.8) is 0 Å². The molecule has 2 aromatic rings. The number of hydrogen-bond donors (Lipinski definition) is 0. The fraction of sp³-hybridized carbons (Fsp3) is 0.368. The molecule has 0 atom stereocenters. The van der Waals surface area contributed by atoms with E-state index in [9.17, 15) is 17.6 Å². The molecule has 0 N–H and O–H groups in total. The lowest BCUT2D eigenvalue weighted by molar-refractivity contribution is -0.130. The molecule has 146 valence electrons. The van der Waals surface area contributed by atoms with Crippen molar-refractivity contribution in [2.24, 2.45) is 0 Å². The molecule has 0 saturated carbocycles. The molecule has 0 unspecified atom stereocenters. The monoisotopic (exact) mass is 393 g/mol. The summed E-state index contributed by atoms with van der Waals surface area (Å²) in [5.74, 6) is -0.507. The second-order valence-electron chi connectivity index (χ2n) is 6.39. The van der Waals surface area contributed by atoms with Gasteiger partial charge in [-0.1, -0.05) is 12.1 Å². The van der Waals surface area contributed by atoms with Crippen LogP contribution in [0.5, 0.6) is 0 Å². The highest BCUT2D eigenvalue weighted by Gasteiger charge is 2.19. The maximum atomic E-state index is 13.0. The van der Waals surface area contributed by atoms with Crippen molar-refractivity contribution in [2.45, 2.75) is 19.4 Å². The number of amides is 1. The first-order valence-electron chi connectivity index (χ1n) is 8.58. The summed E-state index contributed by atoms with van der Waals surface area (Å²) in [5.41, 5.74) is 1.75. The average Bonchev–Trinajstić information content (AvgIpc) is 2.64. The van der Waals surface area contributed by atoms with E-state index in [0.717, 1.165) is 11.8 Å². The van der Waals surface area contributed by atoms with Crippen molar-refractivity contribution in [2.75, 3.05) is 26.4 Å². The Kier molecular flexibility index (Phi) is 7.44. The molecule has 0 saturated heterocycles. The third-order valence-electron chi connectivity index (χ3n) is 4.23. The van der Waals surface area contributed by atoms with E-state index in [-0.39, 0.29) is 31.2 Å². The molecule has 0 bridgehead atoms. The molecule has 0 fully saturated rings. The SMILES string of the molecule is CN(CCc1ccncc1)C(=O)CCN(Cc1ccc(F)cc1)S(C)(=O)=O. The van der Waals surface area contributed by atoms with Gasteiger partial charge in [-0.3, -0.25) is 9.78 Å². The van der Waals surface area contributed by atoms with Crippen LogP contribution in [0.4, 0.5) is 4.39 Å². The van der Waals surface area contributed by atoms with Gasteiger partial charge in [0.05, 0.1) is 6.26 Å². The summed E-state index contributed by atoms with van der Waals surface area (Å²) in [4.78, 5) is 17.9. The molecular formula is C19H24FN3O3S. The molecule has 8 heteroatoms. The first-order valence-corrected chi connectivity index (χ1v) is 10.4. The van der Waals surface area contributed by atoms with Gasteiger partial charge in [-0.15, -0.1) is 0 Å². The first kappa shape index (κ1) is 21.0. The Morgan fingerprint density at radius 2 is 1.67 bits per heavy atom. The summed E-state index contributed by atoms with van der Waals surface area (Å²) in [6.07, 6.45) is 5.30. The summed E-state index contributed by atoms with van der Waals surface area (Å²) >= 11 is 0. The maximum absolute atomic E-state index is 13.0. The topological polar surface area (TPSA) is 70.6 Å². The van der Waals surface area contributed by atoms with E-state index in [1.807, 2.05) is 12.1 Å². The first-order chi connectivity index (χ1) is 12.8. The highest BCUT2D eigenvalue weighted by molar-refractivity contribution is 7.88. The van der Waals surface area contributed by atoms with Crippen LogP contribution in [0.1, 0.15) is 17.5 Å². The Bertz CT molecular complexity index is 842. The van der Waals surface area contributed by atoms with Crippen molar-refractivity contribution in [1.29, 1.82) is 0 Å². The zero-order valence-corrected chi connectivity index (χ0v) is 16.3. The molecule has 1 aromatic heterocycles. The van der Waals surface area contributed by atoms with Crippen LogP contribution in [0.25, 0.3) is 0 Å². The lowest BCUT2D eigenvalue weighted by Gasteiger charge is -2.22. The average molecular weight is 393 g/mol. The number of halogens is 1. The van der Waals surface area contributed by atoms with E-state index in [1.165, 1.54) is 28.6 Å². The molecule has 6 nitrogen and oxygen atoms in total. The largest absolute Gasteiger partial charge is 0.345 e. The third kappa shape index (κ3) is 7.07. The number of rotatable bonds is 9. The molecule has 1 amide bonds. The Morgan fingerprint density at radius 3 is 2.26 bits per heavy atom. The number of pyridine rings is 1. The van der Waals surface area contributed by atoms with Gasteiger partial charge in [0.2, 0.25) is 15.9 Å². The van der Waals surface area contributed by atoms with Gasteiger partial charge in [-0.05, 0) is 41.8 Å². The molecular weight excluding hydrogens is 369 g/mol. The van der Waals surface area contributed by atoms with E-state index in [0.29, 0.717) is 18.5 Å². The van der Waals surface area contributed by atoms with E-state index < -0.39 is 10.0 Å². The number of carbonyl (C=O) groups excluding carboxylic acids is 1. The quantitative estimate of drug-likeness (QED) is 0.654. The van der Waals surface area contributed by atoms with Crippen molar-refractivity contribution >= 4 is 15.9 Å². The fourth-order valence-electron chi connectivity index (χ4n) is 2.54. The predicted octanol–water partition coefficient (Wildman–Crippen LogP) is 2.07. The Hall–Kier alpha value is -2.32. The van der Waals surface area contributed by atoms with Crippen LogP contribution in [0.15, 0.2) is 48.8 Å². The van der Waals surface area contributed by atoms with Gasteiger partial charge in [0, 0.05) is 45.5 Å². The number of hydrogen-bond acceptors (Lipinski definition) is 4. The lowest BCUT2D eigenvalue weighted by atomic mass is 10.2. The minimum atomic E-state index is -3.49. The summed E-state index contributed by atoms with van der Waals surface area (Å²) < 4.78 is 38.3. The minimum Gasteiger partial charge on any atom is -0.345 e. The number of aromatic nitrogens is 1. The van der Waals surface area contributed by atoms with Gasteiger partial charge >= 0.3 is 0 Å². The molecule has 2 rings (SSSR count). The summed E-state index contributed by atoms with van der Waals surface area (Å²) in [7, 11) is -1.79. The smallest absolute Gasteiger partial charge is 0.223 e. The number of likely N-dealkylation sites (N-methyl/N-ethyl adjacent to an activating group) is 1. The molecule has 1 aromatic carbocycles. The van der Waals surface area contributed by atoms with Crippen molar-refractivity contribution < 1.29 is 17.6 Å². The fourth-order valence-corrected chi connectivity index (χ4v) is 3.34. The third-order valence-corrected chi connectivity index (χ3v) is 5.48. The van der Waals surface area contributed by atoms with E-state index in [2.05, 4.69) is 4.98 Å². The highest BCUT2D eigenvalue weighted by Crippen LogP contribution is 2.11. The van der Waals surface area contributed by atoms with Crippen LogP contribution in [-0.4, -0.2) is 54.9 Å². The van der Waals surface area contributed by atoms with Crippen LogP contribution in [-0.2, 0) is 27.8 Å². The minimum absolute atomic E-state index is 0.0780. The van der Waals surface area contributed by atoms with E-state index in [4.69, 9.17) is 0 Å². The Morgan fingerprint density at radius 1 is 1.04 bits per heavy atom. The number of carbonyl (C=O) groups is 1. The van der Waals surface area contributed by atoms with Gasteiger partial charge < -0.3 is 4.90 Å². The highest BCUT2D eigenvalue weighted by atomic mass is 32.2. The summed E-state index contributed by atoms with van der Waals surface area (Å²) in [5, 5.41) is 0. The van der Waals surface area contributed by atoms with E-state index in [1.54, 1.807) is 24.3 Å². The number of sulfonamides is 1. The van der Waals surface area contributed by atoms with Gasteiger partial charge in [0.15, 0.2) is 0 Å². The normalized spacial score (nSPS) is 11.6. The zero-order chi connectivity index (χ0) is 19.9. The van der Waals surface area contributed by atoms with Crippen LogP contribution in [0.3, 0.4) is 0 Å². The predicted molar refractivity (Wildman–Crippen MR) is 102 cm³/mol. The Balaban J connectivity index is 1.89. The number of benzene rings is 1. The second-order valence-corrected chi connectivity index (χ2v) is 8.38. The molecule has 0 spiro atoms. The summed E-state index contributed by atoms with van der Waals surface area (Å²) in [6.45, 7) is 0.724. The van der Waals surface area contributed by atoms with Crippen LogP contribution < -0.4 is 0 Å². The van der Waals surface area contributed by atoms with Crippen LogP contribution >= 0.6 is 0 Å². The Labute approximate surface area is 159 Å². The van der Waals surface area contributed by atoms with Crippen LogP contribution in [0.2, 0.25) is 0 Å². The van der Waals surface area contributed by atoms with Gasteiger partial charge in [0.1, 0.15) is 5.82 Å². The lowest BCUT2D eigenvalue weighted by Crippen LogP contribution is -2.35. The second kappa shape index (κ2) is 9.57. The molecule has 0 radical (unpaired) electrons. The zero-order valence-electron chi connectivity index (χ0n) is 15.5.